The Hall–Kier alpha value is -2.17. The van der Waals surface area contributed by atoms with Crippen molar-refractivity contribution in [1.82, 2.24) is 5.43 Å². The van der Waals surface area contributed by atoms with Gasteiger partial charge in [-0.25, -0.2) is 5.43 Å². The molecule has 0 aromatic heterocycles. The molecule has 0 radical (unpaired) electrons. The van der Waals surface area contributed by atoms with Gasteiger partial charge in [-0.1, -0.05) is 32.0 Å². The molecule has 0 aliphatic heterocycles. The van der Waals surface area contributed by atoms with Crippen LogP contribution in [0.1, 0.15) is 39.5 Å². The molecule has 0 heterocycles. The number of hydrogen-bond acceptors (Lipinski definition) is 3. The number of rotatable bonds is 7. The van der Waals surface area contributed by atoms with E-state index in [4.69, 9.17) is 0 Å². The zero-order valence-corrected chi connectivity index (χ0v) is 12.0. The fraction of sp³-hybridized carbons (Fsp3) is 0.400. The number of amides is 2. The Morgan fingerprint density at radius 2 is 1.60 bits per heavy atom. The van der Waals surface area contributed by atoms with Crippen LogP contribution in [-0.4, -0.2) is 17.5 Å². The number of benzene rings is 1. The Labute approximate surface area is 119 Å². The van der Waals surface area contributed by atoms with Crippen molar-refractivity contribution in [3.05, 3.63) is 30.3 Å². The molecule has 20 heavy (non-hydrogen) atoms. The van der Waals surface area contributed by atoms with E-state index in [2.05, 4.69) is 15.8 Å². The maximum absolute atomic E-state index is 11.6. The maximum atomic E-state index is 11.6. The van der Waals surface area contributed by atoms with Crippen LogP contribution in [0, 0.1) is 0 Å². The third-order valence-electron chi connectivity index (χ3n) is 2.79. The minimum Gasteiger partial charge on any atom is -0.326 e. The van der Waals surface area contributed by atoms with Crippen molar-refractivity contribution < 1.29 is 9.59 Å². The first kappa shape index (κ1) is 15.9. The molecule has 0 fully saturated rings. The highest BCUT2D eigenvalue weighted by Gasteiger charge is 2.06. The summed E-state index contributed by atoms with van der Waals surface area (Å²) in [4.78, 5) is 23.2. The van der Waals surface area contributed by atoms with Crippen molar-refractivity contribution in [2.75, 3.05) is 5.32 Å². The Balaban J connectivity index is 2.30. The van der Waals surface area contributed by atoms with Crippen molar-refractivity contribution in [3.63, 3.8) is 0 Å². The molecule has 5 heteroatoms. The molecule has 0 unspecified atom stereocenters. The fourth-order valence-electron chi connectivity index (χ4n) is 1.58. The second-order valence-electron chi connectivity index (χ2n) is 4.33. The van der Waals surface area contributed by atoms with Crippen LogP contribution >= 0.6 is 0 Å². The fourth-order valence-corrected chi connectivity index (χ4v) is 1.58. The Morgan fingerprint density at radius 3 is 2.20 bits per heavy atom. The summed E-state index contributed by atoms with van der Waals surface area (Å²) in [5, 5.41) is 6.74. The third-order valence-corrected chi connectivity index (χ3v) is 2.79. The lowest BCUT2D eigenvalue weighted by Gasteiger charge is -2.05. The lowest BCUT2D eigenvalue weighted by atomic mass is 10.2. The number of hydrazone groups is 1. The zero-order valence-electron chi connectivity index (χ0n) is 12.0. The molecular weight excluding hydrogens is 254 g/mol. The largest absolute Gasteiger partial charge is 0.326 e. The summed E-state index contributed by atoms with van der Waals surface area (Å²) in [7, 11) is 0. The Morgan fingerprint density at radius 1 is 1.00 bits per heavy atom. The molecule has 0 saturated carbocycles. The summed E-state index contributed by atoms with van der Waals surface area (Å²) in [5.74, 6) is -0.422. The van der Waals surface area contributed by atoms with Crippen molar-refractivity contribution in [1.29, 1.82) is 0 Å². The van der Waals surface area contributed by atoms with E-state index in [1.807, 2.05) is 32.0 Å². The van der Waals surface area contributed by atoms with Crippen molar-refractivity contribution in [2.24, 2.45) is 5.10 Å². The quantitative estimate of drug-likeness (QED) is 0.593. The summed E-state index contributed by atoms with van der Waals surface area (Å²) in [5.41, 5.74) is 4.14. The van der Waals surface area contributed by atoms with Gasteiger partial charge >= 0.3 is 0 Å². The van der Waals surface area contributed by atoms with Gasteiger partial charge in [0.1, 0.15) is 0 Å². The summed E-state index contributed by atoms with van der Waals surface area (Å²) < 4.78 is 0. The highest BCUT2D eigenvalue weighted by molar-refractivity contribution is 5.93. The minimum atomic E-state index is -0.243. The average Bonchev–Trinajstić information content (AvgIpc) is 2.47. The number of hydrogen-bond donors (Lipinski definition) is 2. The van der Waals surface area contributed by atoms with Gasteiger partial charge < -0.3 is 5.32 Å². The summed E-state index contributed by atoms with van der Waals surface area (Å²) in [6, 6.07) is 9.16. The van der Waals surface area contributed by atoms with Gasteiger partial charge in [0, 0.05) is 24.2 Å². The van der Waals surface area contributed by atoms with E-state index in [0.29, 0.717) is 0 Å². The molecule has 0 aliphatic rings. The number of anilines is 1. The van der Waals surface area contributed by atoms with Gasteiger partial charge in [0.15, 0.2) is 0 Å². The van der Waals surface area contributed by atoms with E-state index >= 15 is 0 Å². The van der Waals surface area contributed by atoms with E-state index < -0.39 is 0 Å². The number of nitrogens with one attached hydrogen (secondary N) is 2. The average molecular weight is 275 g/mol. The predicted octanol–water partition coefficient (Wildman–Crippen LogP) is 2.70. The van der Waals surface area contributed by atoms with Gasteiger partial charge in [0.2, 0.25) is 11.8 Å². The smallest absolute Gasteiger partial charge is 0.240 e. The first-order valence-electron chi connectivity index (χ1n) is 6.84. The number of para-hydroxylation sites is 1. The monoisotopic (exact) mass is 275 g/mol. The van der Waals surface area contributed by atoms with Crippen LogP contribution in [-0.2, 0) is 9.59 Å². The van der Waals surface area contributed by atoms with E-state index in [-0.39, 0.29) is 24.7 Å². The topological polar surface area (TPSA) is 70.6 Å². The van der Waals surface area contributed by atoms with E-state index in [9.17, 15) is 9.59 Å². The number of carbonyl (C=O) groups is 2. The van der Waals surface area contributed by atoms with Gasteiger partial charge in [0.25, 0.3) is 0 Å². The van der Waals surface area contributed by atoms with Gasteiger partial charge in [0.05, 0.1) is 0 Å². The highest BCUT2D eigenvalue weighted by atomic mass is 16.2. The summed E-state index contributed by atoms with van der Waals surface area (Å²) in [6.45, 7) is 3.98. The normalized spacial score (nSPS) is 9.70. The molecule has 0 saturated heterocycles. The first-order valence-corrected chi connectivity index (χ1v) is 6.84. The zero-order chi connectivity index (χ0) is 14.8. The molecule has 1 aromatic carbocycles. The van der Waals surface area contributed by atoms with E-state index in [0.717, 1.165) is 24.2 Å². The second kappa shape index (κ2) is 8.85. The standard InChI is InChI=1S/C15H21N3O2/c1-3-12(4-2)17-18-15(20)11-10-14(19)16-13-8-6-5-7-9-13/h5-9H,3-4,10-11H2,1-2H3,(H,16,19)(H,18,20). The van der Waals surface area contributed by atoms with Gasteiger partial charge in [-0.2, -0.15) is 5.10 Å². The lowest BCUT2D eigenvalue weighted by molar-refractivity contribution is -0.124. The van der Waals surface area contributed by atoms with Crippen LogP contribution < -0.4 is 10.7 Å². The van der Waals surface area contributed by atoms with Gasteiger partial charge in [-0.3, -0.25) is 9.59 Å². The molecule has 0 aliphatic carbocycles. The molecule has 0 bridgehead atoms. The van der Waals surface area contributed by atoms with Gasteiger partial charge in [-0.05, 0) is 25.0 Å². The second-order valence-corrected chi connectivity index (χ2v) is 4.33. The molecular formula is C15H21N3O2. The lowest BCUT2D eigenvalue weighted by Crippen LogP contribution is -2.21. The van der Waals surface area contributed by atoms with Crippen LogP contribution in [0.5, 0.6) is 0 Å². The molecule has 1 aromatic rings. The number of carbonyl (C=O) groups excluding carboxylic acids is 2. The number of nitrogens with zero attached hydrogens (tertiary/aromatic N) is 1. The Kier molecular flexibility index (Phi) is 7.03. The van der Waals surface area contributed by atoms with Crippen LogP contribution in [0.4, 0.5) is 5.69 Å². The molecule has 1 rings (SSSR count). The molecule has 0 spiro atoms. The first-order chi connectivity index (χ1) is 9.65. The molecule has 5 nitrogen and oxygen atoms in total. The predicted molar refractivity (Wildman–Crippen MR) is 80.5 cm³/mol. The summed E-state index contributed by atoms with van der Waals surface area (Å²) >= 11 is 0. The summed E-state index contributed by atoms with van der Waals surface area (Å²) in [6.07, 6.45) is 1.89. The van der Waals surface area contributed by atoms with Crippen molar-refractivity contribution in [3.8, 4) is 0 Å². The van der Waals surface area contributed by atoms with Crippen LogP contribution in [0.25, 0.3) is 0 Å². The van der Waals surface area contributed by atoms with Crippen LogP contribution in [0.15, 0.2) is 35.4 Å². The highest BCUT2D eigenvalue weighted by Crippen LogP contribution is 2.06. The third kappa shape index (κ3) is 6.13. The molecule has 0 atom stereocenters. The molecule has 108 valence electrons. The SMILES string of the molecule is CCC(CC)=NNC(=O)CCC(=O)Nc1ccccc1. The molecule has 2 amide bonds. The van der Waals surface area contributed by atoms with Crippen molar-refractivity contribution in [2.45, 2.75) is 39.5 Å². The van der Waals surface area contributed by atoms with Crippen molar-refractivity contribution >= 4 is 23.2 Å². The molecule has 2 N–H and O–H groups in total. The van der Waals surface area contributed by atoms with Crippen LogP contribution in [0.3, 0.4) is 0 Å². The van der Waals surface area contributed by atoms with Gasteiger partial charge in [-0.15, -0.1) is 0 Å². The minimum absolute atomic E-state index is 0.128. The van der Waals surface area contributed by atoms with E-state index in [1.54, 1.807) is 12.1 Å². The Bertz CT molecular complexity index is 463. The van der Waals surface area contributed by atoms with Crippen LogP contribution in [0.2, 0.25) is 0 Å². The van der Waals surface area contributed by atoms with E-state index in [1.165, 1.54) is 0 Å². The maximum Gasteiger partial charge on any atom is 0.240 e.